The van der Waals surface area contributed by atoms with Crippen molar-refractivity contribution >= 4 is 29.6 Å². The molecule has 1 saturated heterocycles. The second-order valence-corrected chi connectivity index (χ2v) is 7.85. The van der Waals surface area contributed by atoms with Crippen molar-refractivity contribution in [2.24, 2.45) is 0 Å². The van der Waals surface area contributed by atoms with Gasteiger partial charge in [0.1, 0.15) is 5.75 Å². The van der Waals surface area contributed by atoms with E-state index in [-0.39, 0.29) is 36.6 Å². The van der Waals surface area contributed by atoms with Gasteiger partial charge < -0.3 is 14.5 Å². The van der Waals surface area contributed by atoms with Crippen molar-refractivity contribution in [2.75, 3.05) is 32.7 Å². The lowest BCUT2D eigenvalue weighted by molar-refractivity contribution is -0.133. The van der Waals surface area contributed by atoms with Crippen molar-refractivity contribution in [3.63, 3.8) is 0 Å². The molecular weight excluding hydrogens is 426 g/mol. The highest BCUT2D eigenvalue weighted by Crippen LogP contribution is 2.23. The molecule has 9 heteroatoms. The van der Waals surface area contributed by atoms with E-state index in [0.29, 0.717) is 48.6 Å². The fourth-order valence-electron chi connectivity index (χ4n) is 4.01. The molecule has 4 amide bonds. The van der Waals surface area contributed by atoms with Gasteiger partial charge in [-0.2, -0.15) is 0 Å². The number of rotatable bonds is 5. The Morgan fingerprint density at radius 1 is 0.848 bits per heavy atom. The summed E-state index contributed by atoms with van der Waals surface area (Å²) in [7, 11) is 0. The SMILES string of the molecule is CC(=O)Oc1cccc(C(=O)N2CCN(C(=O)CCN3C(=O)c4ccccc4C3=O)CC2)c1. The van der Waals surface area contributed by atoms with Crippen LogP contribution in [0.4, 0.5) is 0 Å². The number of imide groups is 1. The number of benzene rings is 2. The van der Waals surface area contributed by atoms with Gasteiger partial charge in [0, 0.05) is 51.6 Å². The number of carbonyl (C=O) groups is 5. The first-order valence-electron chi connectivity index (χ1n) is 10.7. The Bertz CT molecular complexity index is 1100. The monoisotopic (exact) mass is 449 g/mol. The molecule has 2 heterocycles. The number of piperazine rings is 1. The van der Waals surface area contributed by atoms with E-state index in [1.54, 1.807) is 52.3 Å². The molecule has 0 radical (unpaired) electrons. The van der Waals surface area contributed by atoms with Gasteiger partial charge in [-0.05, 0) is 30.3 Å². The van der Waals surface area contributed by atoms with Crippen LogP contribution in [0.1, 0.15) is 44.4 Å². The number of nitrogens with zero attached hydrogens (tertiary/aromatic N) is 3. The van der Waals surface area contributed by atoms with Crippen molar-refractivity contribution in [1.82, 2.24) is 14.7 Å². The first kappa shape index (κ1) is 22.2. The first-order chi connectivity index (χ1) is 15.8. The number of amides is 4. The van der Waals surface area contributed by atoms with Gasteiger partial charge in [0.15, 0.2) is 0 Å². The Kier molecular flexibility index (Phi) is 6.21. The Morgan fingerprint density at radius 3 is 2.06 bits per heavy atom. The third kappa shape index (κ3) is 4.62. The number of fused-ring (bicyclic) bond motifs is 1. The van der Waals surface area contributed by atoms with Crippen LogP contribution in [0.15, 0.2) is 48.5 Å². The third-order valence-corrected chi connectivity index (χ3v) is 5.69. The van der Waals surface area contributed by atoms with Crippen LogP contribution >= 0.6 is 0 Å². The maximum absolute atomic E-state index is 12.8. The van der Waals surface area contributed by atoms with Crippen LogP contribution in [0, 0.1) is 0 Å². The van der Waals surface area contributed by atoms with Crippen LogP contribution in [0.2, 0.25) is 0 Å². The summed E-state index contributed by atoms with van der Waals surface area (Å²) in [6.07, 6.45) is 0.0316. The van der Waals surface area contributed by atoms with E-state index in [2.05, 4.69) is 0 Å². The minimum absolute atomic E-state index is 0.0211. The molecule has 0 saturated carbocycles. The number of ether oxygens (including phenoxy) is 1. The van der Waals surface area contributed by atoms with Crippen LogP contribution in [-0.4, -0.2) is 77.0 Å². The van der Waals surface area contributed by atoms with Gasteiger partial charge in [-0.25, -0.2) is 0 Å². The molecule has 33 heavy (non-hydrogen) atoms. The predicted molar refractivity (Wildman–Crippen MR) is 117 cm³/mol. The molecule has 1 fully saturated rings. The number of esters is 1. The predicted octanol–water partition coefficient (Wildman–Crippen LogP) is 1.58. The summed E-state index contributed by atoms with van der Waals surface area (Å²) in [4.78, 5) is 65.9. The van der Waals surface area contributed by atoms with Gasteiger partial charge >= 0.3 is 5.97 Å². The van der Waals surface area contributed by atoms with Gasteiger partial charge in [-0.1, -0.05) is 18.2 Å². The molecule has 0 atom stereocenters. The van der Waals surface area contributed by atoms with Crippen molar-refractivity contribution < 1.29 is 28.7 Å². The zero-order chi connectivity index (χ0) is 23.5. The zero-order valence-electron chi connectivity index (χ0n) is 18.2. The molecule has 0 N–H and O–H groups in total. The highest BCUT2D eigenvalue weighted by Gasteiger charge is 2.35. The van der Waals surface area contributed by atoms with E-state index in [0.717, 1.165) is 4.90 Å². The number of hydrogen-bond donors (Lipinski definition) is 0. The second kappa shape index (κ2) is 9.23. The minimum atomic E-state index is -0.465. The molecule has 0 spiro atoms. The van der Waals surface area contributed by atoms with Crippen LogP contribution in [0.25, 0.3) is 0 Å². The molecule has 170 valence electrons. The topological polar surface area (TPSA) is 104 Å². The van der Waals surface area contributed by atoms with Crippen molar-refractivity contribution in [2.45, 2.75) is 13.3 Å². The number of hydrogen-bond acceptors (Lipinski definition) is 6. The highest BCUT2D eigenvalue weighted by molar-refractivity contribution is 6.21. The molecule has 2 aliphatic heterocycles. The Morgan fingerprint density at radius 2 is 1.45 bits per heavy atom. The van der Waals surface area contributed by atoms with Gasteiger partial charge in [0.25, 0.3) is 17.7 Å². The molecule has 0 aliphatic carbocycles. The molecule has 0 bridgehead atoms. The molecule has 4 rings (SSSR count). The van der Waals surface area contributed by atoms with E-state index < -0.39 is 5.97 Å². The van der Waals surface area contributed by atoms with Gasteiger partial charge in [0.05, 0.1) is 11.1 Å². The van der Waals surface area contributed by atoms with E-state index in [1.165, 1.54) is 13.0 Å². The van der Waals surface area contributed by atoms with Crippen molar-refractivity contribution in [3.05, 3.63) is 65.2 Å². The lowest BCUT2D eigenvalue weighted by Crippen LogP contribution is -2.51. The van der Waals surface area contributed by atoms with Gasteiger partial charge in [-0.3, -0.25) is 28.9 Å². The van der Waals surface area contributed by atoms with Crippen LogP contribution in [0.5, 0.6) is 5.75 Å². The zero-order valence-corrected chi connectivity index (χ0v) is 18.2. The Hall–Kier alpha value is -4.01. The summed E-state index contributed by atoms with van der Waals surface area (Å²) < 4.78 is 5.03. The smallest absolute Gasteiger partial charge is 0.308 e. The summed E-state index contributed by atoms with van der Waals surface area (Å²) in [5, 5.41) is 0. The Balaban J connectivity index is 1.29. The summed E-state index contributed by atoms with van der Waals surface area (Å²) in [5.74, 6) is -1.30. The van der Waals surface area contributed by atoms with Crippen LogP contribution in [-0.2, 0) is 9.59 Å². The average molecular weight is 449 g/mol. The molecule has 2 aromatic rings. The largest absolute Gasteiger partial charge is 0.427 e. The quantitative estimate of drug-likeness (QED) is 0.390. The lowest BCUT2D eigenvalue weighted by atomic mass is 10.1. The van der Waals surface area contributed by atoms with Gasteiger partial charge in [-0.15, -0.1) is 0 Å². The van der Waals surface area contributed by atoms with Crippen molar-refractivity contribution in [1.29, 1.82) is 0 Å². The molecule has 0 unspecified atom stereocenters. The van der Waals surface area contributed by atoms with Gasteiger partial charge in [0.2, 0.25) is 5.91 Å². The molecule has 0 aromatic heterocycles. The second-order valence-electron chi connectivity index (χ2n) is 7.85. The fraction of sp³-hybridized carbons (Fsp3) is 0.292. The summed E-state index contributed by atoms with van der Waals surface area (Å²) >= 11 is 0. The van der Waals surface area contributed by atoms with Crippen LogP contribution < -0.4 is 4.74 Å². The van der Waals surface area contributed by atoms with E-state index in [4.69, 9.17) is 4.74 Å². The average Bonchev–Trinajstić information content (AvgIpc) is 3.06. The number of carbonyl (C=O) groups excluding carboxylic acids is 5. The molecule has 9 nitrogen and oxygen atoms in total. The van der Waals surface area contributed by atoms with E-state index >= 15 is 0 Å². The van der Waals surface area contributed by atoms with E-state index in [1.807, 2.05) is 0 Å². The fourth-order valence-corrected chi connectivity index (χ4v) is 4.01. The lowest BCUT2D eigenvalue weighted by Gasteiger charge is -2.35. The Labute approximate surface area is 190 Å². The highest BCUT2D eigenvalue weighted by atomic mass is 16.5. The summed E-state index contributed by atoms with van der Waals surface area (Å²) in [6, 6.07) is 13.0. The summed E-state index contributed by atoms with van der Waals surface area (Å²) in [6.45, 7) is 2.74. The van der Waals surface area contributed by atoms with Crippen LogP contribution in [0.3, 0.4) is 0 Å². The molecule has 2 aromatic carbocycles. The maximum Gasteiger partial charge on any atom is 0.308 e. The molecule has 2 aliphatic rings. The standard InChI is InChI=1S/C24H23N3O6/c1-16(28)33-18-6-4-5-17(15-18)22(30)26-13-11-25(12-14-26)21(29)9-10-27-23(31)19-7-2-3-8-20(19)24(27)32/h2-8,15H,9-14H2,1H3. The van der Waals surface area contributed by atoms with E-state index in [9.17, 15) is 24.0 Å². The third-order valence-electron chi connectivity index (χ3n) is 5.69. The first-order valence-corrected chi connectivity index (χ1v) is 10.7. The van der Waals surface area contributed by atoms with Crippen molar-refractivity contribution in [3.8, 4) is 5.75 Å². The summed E-state index contributed by atoms with van der Waals surface area (Å²) in [5.41, 5.74) is 1.12. The molecular formula is C24H23N3O6. The normalized spacial score (nSPS) is 15.5. The minimum Gasteiger partial charge on any atom is -0.427 e. The maximum atomic E-state index is 12.8.